The third-order valence-corrected chi connectivity index (χ3v) is 3.67. The third-order valence-electron chi connectivity index (χ3n) is 3.67. The highest BCUT2D eigenvalue weighted by Crippen LogP contribution is 2.22. The molecule has 0 aliphatic carbocycles. The highest BCUT2D eigenvalue weighted by atomic mass is 16.5. The van der Waals surface area contributed by atoms with Gasteiger partial charge in [-0.1, -0.05) is 50.2 Å². The Balaban J connectivity index is 2.13. The van der Waals surface area contributed by atoms with E-state index in [2.05, 4.69) is 12.2 Å². The van der Waals surface area contributed by atoms with Gasteiger partial charge in [-0.25, -0.2) is 0 Å². The van der Waals surface area contributed by atoms with Crippen LogP contribution in [-0.2, 0) is 11.2 Å². The highest BCUT2D eigenvalue weighted by molar-refractivity contribution is 5.95. The lowest BCUT2D eigenvalue weighted by Crippen LogP contribution is -2.33. The van der Waals surface area contributed by atoms with Crippen LogP contribution in [0.1, 0.15) is 31.4 Å². The summed E-state index contributed by atoms with van der Waals surface area (Å²) in [5.41, 5.74) is 3.12. The number of hydrogen-bond acceptors (Lipinski definition) is 2. The summed E-state index contributed by atoms with van der Waals surface area (Å²) >= 11 is 0. The molecule has 0 saturated heterocycles. The van der Waals surface area contributed by atoms with E-state index in [1.807, 2.05) is 62.4 Å². The SMILES string of the molecule is CCc1cccc(C)c1NC(=O)[C@@H](CC)Oc1ccccc1. The zero-order valence-electron chi connectivity index (χ0n) is 13.4. The second-order valence-electron chi connectivity index (χ2n) is 5.28. The molecule has 3 nitrogen and oxygen atoms in total. The van der Waals surface area contributed by atoms with Gasteiger partial charge in [0, 0.05) is 5.69 Å². The summed E-state index contributed by atoms with van der Waals surface area (Å²) in [7, 11) is 0. The van der Waals surface area contributed by atoms with Gasteiger partial charge in [-0.05, 0) is 43.0 Å². The minimum Gasteiger partial charge on any atom is -0.481 e. The zero-order chi connectivity index (χ0) is 15.9. The Morgan fingerprint density at radius 2 is 1.82 bits per heavy atom. The van der Waals surface area contributed by atoms with Crippen LogP contribution in [-0.4, -0.2) is 12.0 Å². The van der Waals surface area contributed by atoms with E-state index < -0.39 is 6.10 Å². The normalized spacial score (nSPS) is 11.8. The van der Waals surface area contributed by atoms with Gasteiger partial charge < -0.3 is 10.1 Å². The first-order valence-electron chi connectivity index (χ1n) is 7.76. The molecule has 0 radical (unpaired) electrons. The van der Waals surface area contributed by atoms with Gasteiger partial charge in [0.05, 0.1) is 0 Å². The summed E-state index contributed by atoms with van der Waals surface area (Å²) in [6.07, 6.45) is 1.01. The molecule has 0 aliphatic heterocycles. The molecule has 0 heterocycles. The molecular formula is C19H23NO2. The topological polar surface area (TPSA) is 38.3 Å². The Labute approximate surface area is 132 Å². The van der Waals surface area contributed by atoms with E-state index in [-0.39, 0.29) is 5.91 Å². The Bertz CT molecular complexity index is 623. The number of nitrogens with one attached hydrogen (secondary N) is 1. The van der Waals surface area contributed by atoms with Gasteiger partial charge in [0.25, 0.3) is 5.91 Å². The lowest BCUT2D eigenvalue weighted by molar-refractivity contribution is -0.122. The number of carbonyl (C=O) groups excluding carboxylic acids is 1. The van der Waals surface area contributed by atoms with E-state index in [4.69, 9.17) is 4.74 Å². The summed E-state index contributed by atoms with van der Waals surface area (Å²) in [5, 5.41) is 3.04. The summed E-state index contributed by atoms with van der Waals surface area (Å²) in [5.74, 6) is 0.611. The van der Waals surface area contributed by atoms with Crippen LogP contribution in [0.4, 0.5) is 5.69 Å². The van der Waals surface area contributed by atoms with Crippen molar-refractivity contribution in [3.63, 3.8) is 0 Å². The summed E-state index contributed by atoms with van der Waals surface area (Å²) in [6.45, 7) is 6.04. The molecule has 2 rings (SSSR count). The zero-order valence-corrected chi connectivity index (χ0v) is 13.4. The van der Waals surface area contributed by atoms with Crippen LogP contribution >= 0.6 is 0 Å². The lowest BCUT2D eigenvalue weighted by atomic mass is 10.1. The Morgan fingerprint density at radius 3 is 2.45 bits per heavy atom. The first-order valence-corrected chi connectivity index (χ1v) is 7.76. The van der Waals surface area contributed by atoms with Gasteiger partial charge in [-0.2, -0.15) is 0 Å². The standard InChI is InChI=1S/C19H23NO2/c1-4-15-11-9-10-14(3)18(15)20-19(21)17(5-2)22-16-12-7-6-8-13-16/h6-13,17H,4-5H2,1-3H3,(H,20,21)/t17-/m1/s1. The molecule has 0 aromatic heterocycles. The number of ether oxygens (including phenoxy) is 1. The first kappa shape index (κ1) is 16.1. The van der Waals surface area contributed by atoms with Gasteiger partial charge >= 0.3 is 0 Å². The number of carbonyl (C=O) groups is 1. The average molecular weight is 297 g/mol. The number of benzene rings is 2. The Hall–Kier alpha value is -2.29. The molecule has 0 unspecified atom stereocenters. The van der Waals surface area contributed by atoms with Gasteiger partial charge in [0.1, 0.15) is 5.75 Å². The van der Waals surface area contributed by atoms with Crippen molar-refractivity contribution in [3.05, 3.63) is 59.7 Å². The molecule has 0 bridgehead atoms. The van der Waals surface area contributed by atoms with Crippen LogP contribution in [0, 0.1) is 6.92 Å². The van der Waals surface area contributed by atoms with Gasteiger partial charge in [0.2, 0.25) is 0 Å². The molecule has 0 saturated carbocycles. The number of hydrogen-bond donors (Lipinski definition) is 1. The van der Waals surface area contributed by atoms with Crippen LogP contribution in [0.15, 0.2) is 48.5 Å². The Morgan fingerprint density at radius 1 is 1.09 bits per heavy atom. The van der Waals surface area contributed by atoms with Crippen LogP contribution in [0.25, 0.3) is 0 Å². The maximum atomic E-state index is 12.5. The summed E-state index contributed by atoms with van der Waals surface area (Å²) < 4.78 is 5.80. The molecule has 116 valence electrons. The van der Waals surface area contributed by atoms with Crippen LogP contribution in [0.3, 0.4) is 0 Å². The van der Waals surface area contributed by atoms with Crippen molar-refractivity contribution in [1.29, 1.82) is 0 Å². The van der Waals surface area contributed by atoms with Crippen molar-refractivity contribution in [1.82, 2.24) is 0 Å². The predicted molar refractivity (Wildman–Crippen MR) is 90.3 cm³/mol. The maximum absolute atomic E-state index is 12.5. The number of aryl methyl sites for hydroxylation is 2. The smallest absolute Gasteiger partial charge is 0.265 e. The minimum absolute atomic E-state index is 0.102. The number of para-hydroxylation sites is 2. The monoisotopic (exact) mass is 297 g/mol. The van der Waals surface area contributed by atoms with Crippen molar-refractivity contribution >= 4 is 11.6 Å². The Kier molecular flexibility index (Phi) is 5.59. The van der Waals surface area contributed by atoms with E-state index in [0.717, 1.165) is 23.2 Å². The van der Waals surface area contributed by atoms with E-state index in [1.54, 1.807) is 0 Å². The molecule has 1 amide bonds. The summed E-state index contributed by atoms with van der Waals surface area (Å²) in [6, 6.07) is 15.5. The second-order valence-corrected chi connectivity index (χ2v) is 5.28. The summed E-state index contributed by atoms with van der Waals surface area (Å²) in [4.78, 5) is 12.5. The molecule has 0 spiro atoms. The molecule has 2 aromatic rings. The number of amides is 1. The third kappa shape index (κ3) is 3.88. The first-order chi connectivity index (χ1) is 10.7. The van der Waals surface area contributed by atoms with Crippen molar-refractivity contribution in [3.8, 4) is 5.75 Å². The van der Waals surface area contributed by atoms with Crippen molar-refractivity contribution in [2.24, 2.45) is 0 Å². The molecule has 0 aliphatic rings. The van der Waals surface area contributed by atoms with Gasteiger partial charge in [-0.15, -0.1) is 0 Å². The van der Waals surface area contributed by atoms with E-state index in [9.17, 15) is 4.79 Å². The van der Waals surface area contributed by atoms with Gasteiger partial charge in [-0.3, -0.25) is 4.79 Å². The average Bonchev–Trinajstić information content (AvgIpc) is 2.55. The fraction of sp³-hybridized carbons (Fsp3) is 0.316. The minimum atomic E-state index is -0.494. The van der Waals surface area contributed by atoms with Crippen molar-refractivity contribution in [2.75, 3.05) is 5.32 Å². The van der Waals surface area contributed by atoms with Crippen LogP contribution in [0.5, 0.6) is 5.75 Å². The van der Waals surface area contributed by atoms with Crippen LogP contribution in [0.2, 0.25) is 0 Å². The quantitative estimate of drug-likeness (QED) is 0.860. The van der Waals surface area contributed by atoms with Crippen LogP contribution < -0.4 is 10.1 Å². The van der Waals surface area contributed by atoms with E-state index >= 15 is 0 Å². The predicted octanol–water partition coefficient (Wildman–Crippen LogP) is 4.35. The molecule has 1 N–H and O–H groups in total. The fourth-order valence-electron chi connectivity index (χ4n) is 2.39. The van der Waals surface area contributed by atoms with E-state index in [1.165, 1.54) is 0 Å². The molecule has 2 aromatic carbocycles. The molecule has 0 fully saturated rings. The van der Waals surface area contributed by atoms with E-state index in [0.29, 0.717) is 12.2 Å². The molecular weight excluding hydrogens is 274 g/mol. The fourth-order valence-corrected chi connectivity index (χ4v) is 2.39. The number of anilines is 1. The molecule has 1 atom stereocenters. The van der Waals surface area contributed by atoms with Crippen molar-refractivity contribution in [2.45, 2.75) is 39.7 Å². The largest absolute Gasteiger partial charge is 0.481 e. The highest BCUT2D eigenvalue weighted by Gasteiger charge is 2.20. The molecule has 22 heavy (non-hydrogen) atoms. The lowest BCUT2D eigenvalue weighted by Gasteiger charge is -2.19. The molecule has 3 heteroatoms. The van der Waals surface area contributed by atoms with Gasteiger partial charge in [0.15, 0.2) is 6.10 Å². The van der Waals surface area contributed by atoms with Crippen molar-refractivity contribution < 1.29 is 9.53 Å². The second kappa shape index (κ2) is 7.64. The maximum Gasteiger partial charge on any atom is 0.265 e. The number of rotatable bonds is 6.